The molecule has 0 saturated carbocycles. The maximum Gasteiger partial charge on any atom is 0.0786 e. The first kappa shape index (κ1) is 9.67. The van der Waals surface area contributed by atoms with E-state index in [4.69, 9.17) is 10.8 Å². The summed E-state index contributed by atoms with van der Waals surface area (Å²) in [7, 11) is 0. The maximum absolute atomic E-state index is 9.10. The van der Waals surface area contributed by atoms with E-state index in [0.717, 1.165) is 6.54 Å². The first-order chi connectivity index (χ1) is 5.83. The zero-order valence-corrected chi connectivity index (χ0v) is 7.68. The van der Waals surface area contributed by atoms with Crippen molar-refractivity contribution in [3.05, 3.63) is 22.4 Å². The summed E-state index contributed by atoms with van der Waals surface area (Å²) in [6, 6.07) is 4.08. The van der Waals surface area contributed by atoms with E-state index in [1.54, 1.807) is 11.3 Å². The Labute approximate surface area is 76.2 Å². The standard InChI is InChI=1S/C8H14N2OS/c9-4-7(11)5-10-6-8-2-1-3-12-8/h1-3,7,10-11H,4-6,9H2. The van der Waals surface area contributed by atoms with Gasteiger partial charge in [0, 0.05) is 24.5 Å². The molecule has 1 aromatic rings. The number of nitrogens with one attached hydrogen (secondary N) is 1. The van der Waals surface area contributed by atoms with Crippen molar-refractivity contribution in [3.63, 3.8) is 0 Å². The average Bonchev–Trinajstić information content (AvgIpc) is 2.57. The molecule has 0 spiro atoms. The van der Waals surface area contributed by atoms with Gasteiger partial charge in [-0.25, -0.2) is 0 Å². The van der Waals surface area contributed by atoms with Crippen molar-refractivity contribution in [2.45, 2.75) is 12.6 Å². The largest absolute Gasteiger partial charge is 0.390 e. The number of aliphatic hydroxyl groups is 1. The van der Waals surface area contributed by atoms with E-state index in [1.807, 2.05) is 11.4 Å². The molecular weight excluding hydrogens is 172 g/mol. The fourth-order valence-electron chi connectivity index (χ4n) is 0.858. The number of aliphatic hydroxyl groups excluding tert-OH is 1. The summed E-state index contributed by atoms with van der Waals surface area (Å²) in [6.07, 6.45) is -0.426. The highest BCUT2D eigenvalue weighted by Crippen LogP contribution is 2.06. The van der Waals surface area contributed by atoms with Gasteiger partial charge >= 0.3 is 0 Å². The predicted molar refractivity (Wildman–Crippen MR) is 51.1 cm³/mol. The van der Waals surface area contributed by atoms with Crippen molar-refractivity contribution in [1.29, 1.82) is 0 Å². The topological polar surface area (TPSA) is 58.3 Å². The summed E-state index contributed by atoms with van der Waals surface area (Å²) in [5, 5.41) is 14.3. The van der Waals surface area contributed by atoms with Crippen LogP contribution in [0.2, 0.25) is 0 Å². The predicted octanol–water partition coefficient (Wildman–Crippen LogP) is 0.157. The zero-order valence-electron chi connectivity index (χ0n) is 6.86. The molecule has 4 heteroatoms. The second-order valence-electron chi connectivity index (χ2n) is 2.60. The molecule has 0 radical (unpaired) electrons. The van der Waals surface area contributed by atoms with Gasteiger partial charge < -0.3 is 16.2 Å². The summed E-state index contributed by atoms with van der Waals surface area (Å²) in [5.74, 6) is 0. The SMILES string of the molecule is NCC(O)CNCc1cccs1. The Bertz CT molecular complexity index is 201. The quantitative estimate of drug-likeness (QED) is 0.614. The lowest BCUT2D eigenvalue weighted by Gasteiger charge is -2.07. The first-order valence-electron chi connectivity index (χ1n) is 3.94. The van der Waals surface area contributed by atoms with Crippen LogP contribution in [0.4, 0.5) is 0 Å². The Morgan fingerprint density at radius 1 is 1.67 bits per heavy atom. The highest BCUT2D eigenvalue weighted by Gasteiger charge is 1.99. The molecule has 1 rings (SSSR count). The lowest BCUT2D eigenvalue weighted by Crippen LogP contribution is -2.32. The fourth-order valence-corrected chi connectivity index (χ4v) is 1.53. The molecule has 0 saturated heterocycles. The van der Waals surface area contributed by atoms with E-state index in [1.165, 1.54) is 4.88 Å². The molecule has 1 heterocycles. The van der Waals surface area contributed by atoms with E-state index >= 15 is 0 Å². The third kappa shape index (κ3) is 3.32. The molecule has 0 fully saturated rings. The third-order valence-corrected chi connectivity index (χ3v) is 2.41. The van der Waals surface area contributed by atoms with Gasteiger partial charge in [0.1, 0.15) is 0 Å². The van der Waals surface area contributed by atoms with Gasteiger partial charge in [-0.05, 0) is 11.4 Å². The van der Waals surface area contributed by atoms with Crippen LogP contribution in [0.3, 0.4) is 0 Å². The molecule has 12 heavy (non-hydrogen) atoms. The zero-order chi connectivity index (χ0) is 8.81. The minimum atomic E-state index is -0.426. The Hall–Kier alpha value is -0.420. The summed E-state index contributed by atoms with van der Waals surface area (Å²) in [6.45, 7) is 1.70. The van der Waals surface area contributed by atoms with E-state index in [9.17, 15) is 0 Å². The van der Waals surface area contributed by atoms with Gasteiger partial charge in [0.05, 0.1) is 6.10 Å². The second-order valence-corrected chi connectivity index (χ2v) is 3.63. The molecule has 1 atom stereocenters. The highest BCUT2D eigenvalue weighted by molar-refractivity contribution is 7.09. The van der Waals surface area contributed by atoms with Crippen LogP contribution in [0.5, 0.6) is 0 Å². The van der Waals surface area contributed by atoms with E-state index in [-0.39, 0.29) is 0 Å². The van der Waals surface area contributed by atoms with Crippen LogP contribution in [0.15, 0.2) is 17.5 Å². The van der Waals surface area contributed by atoms with Crippen molar-refractivity contribution < 1.29 is 5.11 Å². The minimum Gasteiger partial charge on any atom is -0.390 e. The lowest BCUT2D eigenvalue weighted by atomic mass is 10.3. The van der Waals surface area contributed by atoms with Crippen LogP contribution < -0.4 is 11.1 Å². The molecule has 4 N–H and O–H groups in total. The van der Waals surface area contributed by atoms with Crippen LogP contribution in [-0.4, -0.2) is 24.3 Å². The van der Waals surface area contributed by atoms with Gasteiger partial charge in [0.15, 0.2) is 0 Å². The van der Waals surface area contributed by atoms with E-state index < -0.39 is 6.10 Å². The average molecular weight is 186 g/mol. The van der Waals surface area contributed by atoms with Crippen LogP contribution in [0.1, 0.15) is 4.88 Å². The van der Waals surface area contributed by atoms with Crippen molar-refractivity contribution in [2.75, 3.05) is 13.1 Å². The number of nitrogens with two attached hydrogens (primary N) is 1. The molecule has 0 aromatic carbocycles. The number of hydrogen-bond donors (Lipinski definition) is 3. The third-order valence-electron chi connectivity index (χ3n) is 1.53. The molecule has 1 aromatic heterocycles. The van der Waals surface area contributed by atoms with Crippen LogP contribution >= 0.6 is 11.3 Å². The molecule has 0 aliphatic carbocycles. The number of thiophene rings is 1. The number of hydrogen-bond acceptors (Lipinski definition) is 4. The molecule has 68 valence electrons. The first-order valence-corrected chi connectivity index (χ1v) is 4.82. The van der Waals surface area contributed by atoms with Gasteiger partial charge in [0.2, 0.25) is 0 Å². The molecule has 0 aliphatic heterocycles. The van der Waals surface area contributed by atoms with Crippen molar-refractivity contribution >= 4 is 11.3 Å². The Morgan fingerprint density at radius 2 is 2.50 bits per heavy atom. The van der Waals surface area contributed by atoms with Gasteiger partial charge in [-0.1, -0.05) is 6.07 Å². The van der Waals surface area contributed by atoms with Crippen molar-refractivity contribution in [3.8, 4) is 0 Å². The summed E-state index contributed by atoms with van der Waals surface area (Å²) < 4.78 is 0. The van der Waals surface area contributed by atoms with Gasteiger partial charge in [-0.3, -0.25) is 0 Å². The Morgan fingerprint density at radius 3 is 3.08 bits per heavy atom. The van der Waals surface area contributed by atoms with Gasteiger partial charge in [0.25, 0.3) is 0 Å². The van der Waals surface area contributed by atoms with Crippen molar-refractivity contribution in [2.24, 2.45) is 5.73 Å². The van der Waals surface area contributed by atoms with E-state index in [2.05, 4.69) is 11.4 Å². The number of rotatable bonds is 5. The summed E-state index contributed by atoms with van der Waals surface area (Å²) in [5.41, 5.74) is 5.24. The molecular formula is C8H14N2OS. The monoisotopic (exact) mass is 186 g/mol. The molecule has 1 unspecified atom stereocenters. The van der Waals surface area contributed by atoms with Gasteiger partial charge in [-0.2, -0.15) is 0 Å². The summed E-state index contributed by atoms with van der Waals surface area (Å²) in [4.78, 5) is 1.28. The second kappa shape index (κ2) is 5.27. The van der Waals surface area contributed by atoms with Crippen LogP contribution in [0, 0.1) is 0 Å². The highest BCUT2D eigenvalue weighted by atomic mass is 32.1. The molecule has 3 nitrogen and oxygen atoms in total. The fraction of sp³-hybridized carbons (Fsp3) is 0.500. The minimum absolute atomic E-state index is 0.317. The Balaban J connectivity index is 2.11. The molecule has 0 amide bonds. The van der Waals surface area contributed by atoms with Gasteiger partial charge in [-0.15, -0.1) is 11.3 Å². The normalized spacial score (nSPS) is 13.2. The molecule has 0 bridgehead atoms. The van der Waals surface area contributed by atoms with Crippen molar-refractivity contribution in [1.82, 2.24) is 5.32 Å². The maximum atomic E-state index is 9.10. The van der Waals surface area contributed by atoms with Crippen LogP contribution in [0.25, 0.3) is 0 Å². The summed E-state index contributed by atoms with van der Waals surface area (Å²) >= 11 is 1.71. The molecule has 0 aliphatic rings. The Kier molecular flexibility index (Phi) is 4.24. The smallest absolute Gasteiger partial charge is 0.0786 e. The van der Waals surface area contributed by atoms with E-state index in [0.29, 0.717) is 13.1 Å². The van der Waals surface area contributed by atoms with Crippen LogP contribution in [-0.2, 0) is 6.54 Å². The lowest BCUT2D eigenvalue weighted by molar-refractivity contribution is 0.179.